The minimum Gasteiger partial charge on any atom is -0.467 e. The topological polar surface area (TPSA) is 62.7 Å². The summed E-state index contributed by atoms with van der Waals surface area (Å²) in [5, 5.41) is -0.0798. The van der Waals surface area contributed by atoms with E-state index in [9.17, 15) is 22.8 Å². The molecule has 3 heterocycles. The zero-order valence-corrected chi connectivity index (χ0v) is 18.0. The van der Waals surface area contributed by atoms with Crippen LogP contribution in [0.2, 0.25) is 5.02 Å². The van der Waals surface area contributed by atoms with Gasteiger partial charge in [0.05, 0.1) is 17.7 Å². The number of fused-ring (bicyclic) bond motifs is 1. The molecule has 1 unspecified atom stereocenters. The van der Waals surface area contributed by atoms with Gasteiger partial charge in [0.1, 0.15) is 11.9 Å². The highest BCUT2D eigenvalue weighted by atomic mass is 35.5. The highest BCUT2D eigenvalue weighted by Gasteiger charge is 2.42. The molecule has 0 bridgehead atoms. The number of rotatable bonds is 3. The molecule has 0 spiro atoms. The summed E-state index contributed by atoms with van der Waals surface area (Å²) in [6.45, 7) is 0.819. The Balaban J connectivity index is 1.48. The highest BCUT2D eigenvalue weighted by Crippen LogP contribution is 2.37. The van der Waals surface area contributed by atoms with Crippen LogP contribution in [-0.2, 0) is 26.9 Å². The molecule has 1 aromatic heterocycles. The van der Waals surface area contributed by atoms with Crippen LogP contribution in [0, 0.1) is 5.92 Å². The van der Waals surface area contributed by atoms with Crippen molar-refractivity contribution in [2.24, 2.45) is 5.92 Å². The van der Waals surface area contributed by atoms with Crippen molar-refractivity contribution in [1.29, 1.82) is 0 Å². The quantitative estimate of drug-likeness (QED) is 0.636. The molecule has 2 aliphatic heterocycles. The normalized spacial score (nSPS) is 19.1. The number of alkyl halides is 3. The van der Waals surface area contributed by atoms with Crippen LogP contribution in [0.5, 0.6) is 0 Å². The molecule has 1 saturated heterocycles. The van der Waals surface area contributed by atoms with Crippen molar-refractivity contribution in [2.45, 2.75) is 31.5 Å². The second-order valence-corrected chi connectivity index (χ2v) is 8.28. The summed E-state index contributed by atoms with van der Waals surface area (Å²) in [6.07, 6.45) is -2.43. The van der Waals surface area contributed by atoms with Gasteiger partial charge in [-0.1, -0.05) is 29.8 Å². The fourth-order valence-electron chi connectivity index (χ4n) is 4.34. The molecular weight excluding hydrogens is 447 g/mol. The van der Waals surface area contributed by atoms with E-state index in [1.807, 2.05) is 24.3 Å². The molecule has 2 aromatic rings. The number of nitrogens with zero attached hydrogens (tertiary/aromatic N) is 3. The molecular formula is C22H21ClF3N3O3. The molecule has 170 valence electrons. The largest absolute Gasteiger partial charge is 0.467 e. The molecule has 1 fully saturated rings. The van der Waals surface area contributed by atoms with E-state index in [-0.39, 0.29) is 22.7 Å². The number of carbonyl (C=O) groups excluding carboxylic acids is 2. The molecule has 2 aliphatic rings. The first-order valence-corrected chi connectivity index (χ1v) is 10.5. The number of anilines is 2. The number of benzene rings is 1. The second kappa shape index (κ2) is 8.61. The van der Waals surface area contributed by atoms with E-state index in [4.69, 9.17) is 16.3 Å². The summed E-state index contributed by atoms with van der Waals surface area (Å²) in [6, 6.07) is 7.55. The van der Waals surface area contributed by atoms with Crippen molar-refractivity contribution < 1.29 is 27.5 Å². The Labute approximate surface area is 187 Å². The number of methoxy groups -OCH3 is 1. The highest BCUT2D eigenvalue weighted by molar-refractivity contribution is 6.33. The third kappa shape index (κ3) is 4.13. The van der Waals surface area contributed by atoms with Gasteiger partial charge in [0.2, 0.25) is 5.91 Å². The molecule has 1 aromatic carbocycles. The standard InChI is InChI=1S/C22H21ClF3N3O3/c1-32-21(31)18-10-14-4-2-3-5-17(14)29(18)20(30)13-6-8-28(9-7-13)19-16(23)11-15(12-27-19)22(24,25)26/h2-5,11-13,18H,6-10H2,1H3. The van der Waals surface area contributed by atoms with E-state index in [1.54, 1.807) is 4.90 Å². The van der Waals surface area contributed by atoms with Gasteiger partial charge in [0, 0.05) is 37.3 Å². The Morgan fingerprint density at radius 1 is 1.19 bits per heavy atom. The second-order valence-electron chi connectivity index (χ2n) is 7.87. The first-order chi connectivity index (χ1) is 15.2. The number of carbonyl (C=O) groups is 2. The minimum atomic E-state index is -4.52. The minimum absolute atomic E-state index is 0.0798. The van der Waals surface area contributed by atoms with Gasteiger partial charge in [0.15, 0.2) is 0 Å². The predicted octanol–water partition coefficient (Wildman–Crippen LogP) is 4.10. The molecule has 1 amide bonds. The van der Waals surface area contributed by atoms with E-state index in [2.05, 4.69) is 4.98 Å². The molecule has 0 radical (unpaired) electrons. The number of pyridine rings is 1. The van der Waals surface area contributed by atoms with E-state index < -0.39 is 23.8 Å². The van der Waals surface area contributed by atoms with Crippen LogP contribution in [0.1, 0.15) is 24.0 Å². The van der Waals surface area contributed by atoms with Gasteiger partial charge in [-0.2, -0.15) is 13.2 Å². The van der Waals surface area contributed by atoms with Gasteiger partial charge in [-0.25, -0.2) is 9.78 Å². The molecule has 0 saturated carbocycles. The van der Waals surface area contributed by atoms with Gasteiger partial charge in [-0.15, -0.1) is 0 Å². The Kier molecular flexibility index (Phi) is 6.03. The summed E-state index contributed by atoms with van der Waals surface area (Å²) in [5.74, 6) is -0.688. The van der Waals surface area contributed by atoms with E-state index in [1.165, 1.54) is 12.0 Å². The molecule has 0 N–H and O–H groups in total. The van der Waals surface area contributed by atoms with Crippen molar-refractivity contribution in [2.75, 3.05) is 30.0 Å². The first-order valence-electron chi connectivity index (χ1n) is 10.2. The average Bonchev–Trinajstić information content (AvgIpc) is 3.17. The SMILES string of the molecule is COC(=O)C1Cc2ccccc2N1C(=O)C1CCN(c2ncc(C(F)(F)F)cc2Cl)CC1. The van der Waals surface area contributed by atoms with Crippen LogP contribution in [0.4, 0.5) is 24.7 Å². The number of esters is 1. The first kappa shape index (κ1) is 22.4. The summed E-state index contributed by atoms with van der Waals surface area (Å²) in [4.78, 5) is 32.9. The molecule has 1 atom stereocenters. The van der Waals surface area contributed by atoms with Crippen LogP contribution in [0.25, 0.3) is 0 Å². The molecule has 4 rings (SSSR count). The average molecular weight is 468 g/mol. The lowest BCUT2D eigenvalue weighted by Gasteiger charge is -2.35. The maximum absolute atomic E-state index is 13.4. The van der Waals surface area contributed by atoms with Gasteiger partial charge in [-0.05, 0) is 30.5 Å². The fraction of sp³-hybridized carbons (Fsp3) is 0.409. The van der Waals surface area contributed by atoms with Crippen molar-refractivity contribution in [1.82, 2.24) is 4.98 Å². The number of halogens is 4. The maximum atomic E-state index is 13.4. The number of hydrogen-bond acceptors (Lipinski definition) is 5. The van der Waals surface area contributed by atoms with Gasteiger partial charge in [-0.3, -0.25) is 9.69 Å². The number of hydrogen-bond donors (Lipinski definition) is 0. The predicted molar refractivity (Wildman–Crippen MR) is 113 cm³/mol. The summed E-state index contributed by atoms with van der Waals surface area (Å²) in [7, 11) is 1.30. The summed E-state index contributed by atoms with van der Waals surface area (Å²) >= 11 is 6.07. The van der Waals surface area contributed by atoms with E-state index >= 15 is 0 Å². The van der Waals surface area contributed by atoms with Crippen molar-refractivity contribution >= 4 is 35.0 Å². The van der Waals surface area contributed by atoms with Gasteiger partial charge >= 0.3 is 12.1 Å². The summed E-state index contributed by atoms with van der Waals surface area (Å²) < 4.78 is 43.5. The van der Waals surface area contributed by atoms with Crippen LogP contribution in [-0.4, -0.2) is 43.1 Å². The number of piperidine rings is 1. The van der Waals surface area contributed by atoms with Crippen molar-refractivity contribution in [3.8, 4) is 0 Å². The fourth-order valence-corrected chi connectivity index (χ4v) is 4.62. The Hall–Kier alpha value is -2.81. The smallest absolute Gasteiger partial charge is 0.417 e. The molecule has 10 heteroatoms. The van der Waals surface area contributed by atoms with Crippen LogP contribution >= 0.6 is 11.6 Å². The zero-order valence-electron chi connectivity index (χ0n) is 17.2. The van der Waals surface area contributed by atoms with Crippen LogP contribution in [0.3, 0.4) is 0 Å². The molecule has 0 aliphatic carbocycles. The lowest BCUT2D eigenvalue weighted by atomic mass is 9.94. The number of para-hydroxylation sites is 1. The van der Waals surface area contributed by atoms with E-state index in [0.29, 0.717) is 38.0 Å². The number of amides is 1. The zero-order chi connectivity index (χ0) is 23.0. The van der Waals surface area contributed by atoms with Crippen molar-refractivity contribution in [3.63, 3.8) is 0 Å². The third-order valence-electron chi connectivity index (χ3n) is 5.98. The number of aromatic nitrogens is 1. The lowest BCUT2D eigenvalue weighted by Crippen LogP contribution is -2.48. The molecule has 6 nitrogen and oxygen atoms in total. The van der Waals surface area contributed by atoms with Crippen molar-refractivity contribution in [3.05, 3.63) is 52.7 Å². The summed E-state index contributed by atoms with van der Waals surface area (Å²) in [5.41, 5.74) is 0.718. The van der Waals surface area contributed by atoms with Gasteiger partial charge < -0.3 is 9.64 Å². The van der Waals surface area contributed by atoms with Gasteiger partial charge in [0.25, 0.3) is 0 Å². The Bertz CT molecular complexity index is 1040. The lowest BCUT2D eigenvalue weighted by molar-refractivity contribution is -0.143. The third-order valence-corrected chi connectivity index (χ3v) is 6.26. The van der Waals surface area contributed by atoms with Crippen LogP contribution < -0.4 is 9.80 Å². The van der Waals surface area contributed by atoms with E-state index in [0.717, 1.165) is 17.8 Å². The maximum Gasteiger partial charge on any atom is 0.417 e. The van der Waals surface area contributed by atoms with Crippen LogP contribution in [0.15, 0.2) is 36.5 Å². The molecule has 32 heavy (non-hydrogen) atoms. The number of ether oxygens (including phenoxy) is 1. The Morgan fingerprint density at radius 2 is 1.88 bits per heavy atom. The Morgan fingerprint density at radius 3 is 2.50 bits per heavy atom. The monoisotopic (exact) mass is 467 g/mol.